The van der Waals surface area contributed by atoms with Gasteiger partial charge in [0.05, 0.1) is 13.7 Å². The van der Waals surface area contributed by atoms with E-state index in [-0.39, 0.29) is 5.76 Å². The molecule has 2 aromatic rings. The minimum absolute atomic E-state index is 0.246. The largest absolute Gasteiger partial charge is 0.497 e. The van der Waals surface area contributed by atoms with Crippen molar-refractivity contribution in [1.29, 1.82) is 0 Å². The zero-order chi connectivity index (χ0) is 14.5. The van der Waals surface area contributed by atoms with E-state index in [2.05, 4.69) is 11.6 Å². The maximum atomic E-state index is 10.2. The Hall–Kier alpha value is -2.27. The van der Waals surface area contributed by atoms with E-state index >= 15 is 0 Å². The van der Waals surface area contributed by atoms with Crippen LogP contribution in [0.1, 0.15) is 18.7 Å². The third-order valence-electron chi connectivity index (χ3n) is 2.84. The second-order valence-corrected chi connectivity index (χ2v) is 4.10. The van der Waals surface area contributed by atoms with Crippen LogP contribution in [0.25, 0.3) is 11.3 Å². The number of hydrogen-bond acceptors (Lipinski definition) is 5. The Morgan fingerprint density at radius 2 is 2.10 bits per heavy atom. The Morgan fingerprint density at radius 1 is 1.40 bits per heavy atom. The topological polar surface area (TPSA) is 64.7 Å². The second-order valence-electron chi connectivity index (χ2n) is 4.10. The zero-order valence-electron chi connectivity index (χ0n) is 11.5. The first-order valence-electron chi connectivity index (χ1n) is 6.24. The maximum absolute atomic E-state index is 10.2. The smallest absolute Gasteiger partial charge is 0.181 e. The molecule has 0 saturated carbocycles. The van der Waals surface area contributed by atoms with Gasteiger partial charge in [0.15, 0.2) is 18.3 Å². The van der Waals surface area contributed by atoms with Crippen molar-refractivity contribution >= 4 is 0 Å². The minimum atomic E-state index is -1.02. The van der Waals surface area contributed by atoms with Crippen LogP contribution in [0.3, 0.4) is 0 Å². The maximum Gasteiger partial charge on any atom is 0.181 e. The van der Waals surface area contributed by atoms with E-state index in [0.29, 0.717) is 18.1 Å². The molecule has 106 valence electrons. The van der Waals surface area contributed by atoms with E-state index in [1.54, 1.807) is 7.11 Å². The Balaban J connectivity index is 2.29. The van der Waals surface area contributed by atoms with Gasteiger partial charge in [-0.05, 0) is 31.2 Å². The van der Waals surface area contributed by atoms with E-state index in [1.807, 2.05) is 31.2 Å². The van der Waals surface area contributed by atoms with Crippen LogP contribution in [0, 0.1) is 0 Å². The summed E-state index contributed by atoms with van der Waals surface area (Å²) in [6.07, 6.45) is 0.267. The van der Waals surface area contributed by atoms with Gasteiger partial charge in [0, 0.05) is 5.56 Å². The molecule has 1 aromatic heterocycles. The molecule has 0 fully saturated rings. The summed E-state index contributed by atoms with van der Waals surface area (Å²) < 4.78 is 15.7. The molecule has 0 aliphatic carbocycles. The van der Waals surface area contributed by atoms with Crippen molar-refractivity contribution in [3.05, 3.63) is 48.7 Å². The van der Waals surface area contributed by atoms with Gasteiger partial charge in [0.25, 0.3) is 0 Å². The highest BCUT2D eigenvalue weighted by Gasteiger charge is 2.22. The summed E-state index contributed by atoms with van der Waals surface area (Å²) in [4.78, 5) is 4.05. The highest BCUT2D eigenvalue weighted by atomic mass is 16.5. The fraction of sp³-hybridized carbons (Fsp3) is 0.267. The van der Waals surface area contributed by atoms with Gasteiger partial charge in [-0.3, -0.25) is 0 Å². The monoisotopic (exact) mass is 275 g/mol. The van der Waals surface area contributed by atoms with Crippen molar-refractivity contribution < 1.29 is 19.0 Å². The van der Waals surface area contributed by atoms with Crippen LogP contribution in [0.4, 0.5) is 0 Å². The zero-order valence-corrected chi connectivity index (χ0v) is 11.5. The molecule has 0 amide bonds. The van der Waals surface area contributed by atoms with Crippen LogP contribution in [0.2, 0.25) is 0 Å². The molecule has 1 unspecified atom stereocenters. The van der Waals surface area contributed by atoms with Gasteiger partial charge >= 0.3 is 0 Å². The second kappa shape index (κ2) is 6.25. The minimum Gasteiger partial charge on any atom is -0.497 e. The Labute approximate surface area is 117 Å². The molecule has 0 saturated heterocycles. The van der Waals surface area contributed by atoms with Crippen molar-refractivity contribution in [1.82, 2.24) is 4.98 Å². The van der Waals surface area contributed by atoms with Crippen molar-refractivity contribution in [2.24, 2.45) is 0 Å². The number of rotatable bonds is 6. The van der Waals surface area contributed by atoms with Gasteiger partial charge in [-0.1, -0.05) is 6.58 Å². The molecule has 1 N–H and O–H groups in total. The molecule has 1 aromatic carbocycles. The molecule has 2 rings (SSSR count). The average molecular weight is 275 g/mol. The SMILES string of the molecule is C=C(OCC)C(O)c1ncoc1-c1ccc(OC)cc1. The molecule has 5 heteroatoms. The number of benzene rings is 1. The predicted molar refractivity (Wildman–Crippen MR) is 74.2 cm³/mol. The van der Waals surface area contributed by atoms with Gasteiger partial charge in [-0.25, -0.2) is 4.98 Å². The van der Waals surface area contributed by atoms with Crippen LogP contribution in [0.5, 0.6) is 5.75 Å². The van der Waals surface area contributed by atoms with Crippen molar-refractivity contribution in [3.8, 4) is 17.1 Å². The first-order chi connectivity index (χ1) is 9.67. The first-order valence-corrected chi connectivity index (χ1v) is 6.24. The lowest BCUT2D eigenvalue weighted by Crippen LogP contribution is -2.05. The fourth-order valence-electron chi connectivity index (χ4n) is 1.82. The Morgan fingerprint density at radius 3 is 2.70 bits per heavy atom. The first kappa shape index (κ1) is 14.1. The molecule has 20 heavy (non-hydrogen) atoms. The van der Waals surface area contributed by atoms with Crippen LogP contribution >= 0.6 is 0 Å². The highest BCUT2D eigenvalue weighted by molar-refractivity contribution is 5.61. The number of aromatic nitrogens is 1. The van der Waals surface area contributed by atoms with Crippen molar-refractivity contribution in [2.45, 2.75) is 13.0 Å². The molecule has 0 spiro atoms. The molecular weight excluding hydrogens is 258 g/mol. The normalized spacial score (nSPS) is 11.9. The lowest BCUT2D eigenvalue weighted by Gasteiger charge is -2.13. The molecule has 0 bridgehead atoms. The van der Waals surface area contributed by atoms with Crippen LogP contribution in [0.15, 0.2) is 47.4 Å². The number of methoxy groups -OCH3 is 1. The van der Waals surface area contributed by atoms with Crippen molar-refractivity contribution in [2.75, 3.05) is 13.7 Å². The van der Waals surface area contributed by atoms with Gasteiger partial charge in [-0.2, -0.15) is 0 Å². The lowest BCUT2D eigenvalue weighted by atomic mass is 10.1. The van der Waals surface area contributed by atoms with Crippen LogP contribution in [-0.2, 0) is 4.74 Å². The molecule has 0 radical (unpaired) electrons. The third-order valence-corrected chi connectivity index (χ3v) is 2.84. The van der Waals surface area contributed by atoms with Gasteiger partial charge in [-0.15, -0.1) is 0 Å². The predicted octanol–water partition coefficient (Wildman–Crippen LogP) is 2.93. The third kappa shape index (κ3) is 2.83. The van der Waals surface area contributed by atoms with E-state index in [1.165, 1.54) is 6.39 Å². The molecule has 5 nitrogen and oxygen atoms in total. The Kier molecular flexibility index (Phi) is 4.42. The summed E-state index contributed by atoms with van der Waals surface area (Å²) in [7, 11) is 1.60. The quantitative estimate of drug-likeness (QED) is 0.821. The molecule has 1 atom stereocenters. The van der Waals surface area contributed by atoms with Crippen LogP contribution < -0.4 is 4.74 Å². The number of hydrogen-bond donors (Lipinski definition) is 1. The van der Waals surface area contributed by atoms with E-state index < -0.39 is 6.10 Å². The number of ether oxygens (including phenoxy) is 2. The van der Waals surface area contributed by atoms with E-state index in [9.17, 15) is 5.11 Å². The standard InChI is InChI=1S/C15H17NO4/c1-4-19-10(2)14(17)13-15(20-9-16-13)11-5-7-12(18-3)8-6-11/h5-9,14,17H,2,4H2,1,3H3. The number of aliphatic hydroxyl groups is 1. The summed E-state index contributed by atoms with van der Waals surface area (Å²) >= 11 is 0. The van der Waals surface area contributed by atoms with Gasteiger partial charge in [0.2, 0.25) is 0 Å². The van der Waals surface area contributed by atoms with E-state index in [0.717, 1.165) is 11.3 Å². The average Bonchev–Trinajstić information content (AvgIpc) is 2.96. The number of nitrogens with zero attached hydrogens (tertiary/aromatic N) is 1. The fourth-order valence-corrected chi connectivity index (χ4v) is 1.82. The number of oxazole rings is 1. The summed E-state index contributed by atoms with van der Waals surface area (Å²) in [5.41, 5.74) is 1.18. The summed E-state index contributed by atoms with van der Waals surface area (Å²) in [5.74, 6) is 1.48. The van der Waals surface area contributed by atoms with Gasteiger partial charge < -0.3 is 19.0 Å². The van der Waals surface area contributed by atoms with Crippen LogP contribution in [-0.4, -0.2) is 23.8 Å². The summed E-state index contributed by atoms with van der Waals surface area (Å²) in [6, 6.07) is 7.29. The Bertz CT molecular complexity index is 574. The molecular formula is C15H17NO4. The number of aliphatic hydroxyl groups excluding tert-OH is 1. The van der Waals surface area contributed by atoms with Gasteiger partial charge in [0.1, 0.15) is 17.2 Å². The molecule has 0 aliphatic heterocycles. The summed E-state index contributed by atoms with van der Waals surface area (Å²) in [6.45, 7) is 5.95. The van der Waals surface area contributed by atoms with E-state index in [4.69, 9.17) is 13.9 Å². The molecule has 1 heterocycles. The highest BCUT2D eigenvalue weighted by Crippen LogP contribution is 2.31. The summed E-state index contributed by atoms with van der Waals surface area (Å²) in [5, 5.41) is 10.2. The van der Waals surface area contributed by atoms with Crippen molar-refractivity contribution in [3.63, 3.8) is 0 Å². The lowest BCUT2D eigenvalue weighted by molar-refractivity contribution is 0.107. The molecule has 0 aliphatic rings.